The average Bonchev–Trinajstić information content (AvgIpc) is 2.91. The Kier molecular flexibility index (Phi) is 5.57. The van der Waals surface area contributed by atoms with Gasteiger partial charge in [0.15, 0.2) is 11.3 Å². The molecule has 1 N–H and O–H groups in total. The Morgan fingerprint density at radius 1 is 1.43 bits per heavy atom. The van der Waals surface area contributed by atoms with Gasteiger partial charge in [0.1, 0.15) is 11.5 Å². The molecule has 0 fully saturated rings. The summed E-state index contributed by atoms with van der Waals surface area (Å²) in [4.78, 5) is 11.6. The third kappa shape index (κ3) is 5.07. The van der Waals surface area contributed by atoms with Crippen LogP contribution in [0.15, 0.2) is 50.6 Å². The zero-order valence-electron chi connectivity index (χ0n) is 11.5. The van der Waals surface area contributed by atoms with E-state index in [2.05, 4.69) is 33.4 Å². The molecular formula is C15H15BrN2O3. The van der Waals surface area contributed by atoms with Crippen molar-refractivity contribution in [3.63, 3.8) is 0 Å². The predicted molar refractivity (Wildman–Crippen MR) is 83.5 cm³/mol. The van der Waals surface area contributed by atoms with Gasteiger partial charge in [0.2, 0.25) is 0 Å². The Morgan fingerprint density at radius 3 is 3.00 bits per heavy atom. The summed E-state index contributed by atoms with van der Waals surface area (Å²) in [6.07, 6.45) is 2.34. The fourth-order valence-electron chi connectivity index (χ4n) is 1.60. The SMILES string of the molecule is CCc1cccc(OCC(=O)N/N=C/c2ccc(Br)o2)c1. The molecule has 0 bridgehead atoms. The number of nitrogens with one attached hydrogen (secondary N) is 1. The Morgan fingerprint density at radius 2 is 2.29 bits per heavy atom. The van der Waals surface area contributed by atoms with Crippen LogP contribution >= 0.6 is 15.9 Å². The van der Waals surface area contributed by atoms with Crippen LogP contribution in [0.25, 0.3) is 0 Å². The van der Waals surface area contributed by atoms with Crippen molar-refractivity contribution >= 4 is 28.1 Å². The topological polar surface area (TPSA) is 63.8 Å². The number of hydrogen-bond donors (Lipinski definition) is 1. The molecule has 0 atom stereocenters. The molecule has 2 rings (SSSR count). The van der Waals surface area contributed by atoms with Gasteiger partial charge in [-0.2, -0.15) is 5.10 Å². The normalized spacial score (nSPS) is 10.8. The second-order valence-electron chi connectivity index (χ2n) is 4.22. The lowest BCUT2D eigenvalue weighted by Gasteiger charge is -2.06. The van der Waals surface area contributed by atoms with E-state index < -0.39 is 0 Å². The quantitative estimate of drug-likeness (QED) is 0.642. The minimum atomic E-state index is -0.334. The summed E-state index contributed by atoms with van der Waals surface area (Å²) in [5.74, 6) is 0.876. The van der Waals surface area contributed by atoms with Crippen LogP contribution in [0.2, 0.25) is 0 Å². The largest absolute Gasteiger partial charge is 0.484 e. The maximum atomic E-state index is 11.6. The molecule has 1 heterocycles. The van der Waals surface area contributed by atoms with Crippen molar-refractivity contribution in [1.29, 1.82) is 0 Å². The third-order valence-electron chi connectivity index (χ3n) is 2.65. The first kappa shape index (κ1) is 15.3. The van der Waals surface area contributed by atoms with Crippen molar-refractivity contribution in [1.82, 2.24) is 5.43 Å². The van der Waals surface area contributed by atoms with Gasteiger partial charge in [-0.15, -0.1) is 0 Å². The number of aryl methyl sites for hydroxylation is 1. The molecule has 0 unspecified atom stereocenters. The summed E-state index contributed by atoms with van der Waals surface area (Å²) < 4.78 is 11.2. The molecule has 5 nitrogen and oxygen atoms in total. The van der Waals surface area contributed by atoms with Crippen LogP contribution < -0.4 is 10.2 Å². The van der Waals surface area contributed by atoms with Gasteiger partial charge in [-0.05, 0) is 52.2 Å². The lowest BCUT2D eigenvalue weighted by molar-refractivity contribution is -0.123. The summed E-state index contributed by atoms with van der Waals surface area (Å²) in [6, 6.07) is 11.1. The molecule has 1 amide bonds. The second kappa shape index (κ2) is 7.64. The number of halogens is 1. The third-order valence-corrected chi connectivity index (χ3v) is 3.08. The van der Waals surface area contributed by atoms with Crippen molar-refractivity contribution in [3.8, 4) is 5.75 Å². The molecule has 0 spiro atoms. The minimum absolute atomic E-state index is 0.0909. The highest BCUT2D eigenvalue weighted by molar-refractivity contribution is 9.10. The lowest BCUT2D eigenvalue weighted by Crippen LogP contribution is -2.24. The molecule has 2 aromatic rings. The van der Waals surface area contributed by atoms with Gasteiger partial charge in [0.05, 0.1) is 6.21 Å². The van der Waals surface area contributed by atoms with Gasteiger partial charge in [0, 0.05) is 0 Å². The molecule has 0 saturated heterocycles. The summed E-state index contributed by atoms with van der Waals surface area (Å²) in [7, 11) is 0. The van der Waals surface area contributed by atoms with Crippen molar-refractivity contribution in [2.45, 2.75) is 13.3 Å². The average molecular weight is 351 g/mol. The predicted octanol–water partition coefficient (Wildman–Crippen LogP) is 3.13. The summed E-state index contributed by atoms with van der Waals surface area (Å²) in [6.45, 7) is 1.97. The molecule has 0 saturated carbocycles. The molecule has 0 aliphatic carbocycles. The fraction of sp³-hybridized carbons (Fsp3) is 0.200. The molecule has 0 radical (unpaired) electrons. The molecule has 110 valence electrons. The summed E-state index contributed by atoms with van der Waals surface area (Å²) >= 11 is 3.18. The van der Waals surface area contributed by atoms with Crippen LogP contribution in [-0.2, 0) is 11.2 Å². The van der Waals surface area contributed by atoms with Crippen molar-refractivity contribution in [2.75, 3.05) is 6.61 Å². The number of furan rings is 1. The Hall–Kier alpha value is -2.08. The second-order valence-corrected chi connectivity index (χ2v) is 5.01. The first-order valence-electron chi connectivity index (χ1n) is 6.46. The Labute approximate surface area is 131 Å². The van der Waals surface area contributed by atoms with E-state index in [0.717, 1.165) is 12.0 Å². The molecule has 0 aliphatic rings. The number of hydrogen-bond acceptors (Lipinski definition) is 4. The van der Waals surface area contributed by atoms with E-state index in [1.807, 2.05) is 24.3 Å². The number of ether oxygens (including phenoxy) is 1. The van der Waals surface area contributed by atoms with Gasteiger partial charge in [0.25, 0.3) is 5.91 Å². The number of benzene rings is 1. The monoisotopic (exact) mass is 350 g/mol. The van der Waals surface area contributed by atoms with Crippen LogP contribution in [0.1, 0.15) is 18.2 Å². The van der Waals surface area contributed by atoms with Gasteiger partial charge in [-0.1, -0.05) is 19.1 Å². The molecule has 21 heavy (non-hydrogen) atoms. The zero-order chi connectivity index (χ0) is 15.1. The van der Waals surface area contributed by atoms with Crippen LogP contribution in [0.5, 0.6) is 5.75 Å². The van der Waals surface area contributed by atoms with Crippen LogP contribution in [0.4, 0.5) is 0 Å². The first-order valence-corrected chi connectivity index (χ1v) is 7.25. The van der Waals surface area contributed by atoms with E-state index in [9.17, 15) is 4.79 Å². The van der Waals surface area contributed by atoms with E-state index >= 15 is 0 Å². The highest BCUT2D eigenvalue weighted by Crippen LogP contribution is 2.13. The molecule has 6 heteroatoms. The molecule has 0 aliphatic heterocycles. The number of hydrazone groups is 1. The van der Waals surface area contributed by atoms with Crippen LogP contribution in [0.3, 0.4) is 0 Å². The Bertz CT molecular complexity index is 637. The highest BCUT2D eigenvalue weighted by Gasteiger charge is 2.02. The van der Waals surface area contributed by atoms with Gasteiger partial charge in [-0.3, -0.25) is 4.79 Å². The number of nitrogens with zero attached hydrogens (tertiary/aromatic N) is 1. The Balaban J connectivity index is 1.78. The van der Waals surface area contributed by atoms with Crippen molar-refractivity contribution < 1.29 is 13.9 Å². The maximum absolute atomic E-state index is 11.6. The number of rotatable bonds is 6. The summed E-state index contributed by atoms with van der Waals surface area (Å²) in [5.41, 5.74) is 3.53. The van der Waals surface area contributed by atoms with Gasteiger partial charge < -0.3 is 9.15 Å². The number of carbonyl (C=O) groups excluding carboxylic acids is 1. The van der Waals surface area contributed by atoms with Crippen LogP contribution in [0, 0.1) is 0 Å². The highest BCUT2D eigenvalue weighted by atomic mass is 79.9. The van der Waals surface area contributed by atoms with E-state index in [1.54, 1.807) is 12.1 Å². The van der Waals surface area contributed by atoms with E-state index in [4.69, 9.17) is 9.15 Å². The van der Waals surface area contributed by atoms with E-state index in [-0.39, 0.29) is 12.5 Å². The summed E-state index contributed by atoms with van der Waals surface area (Å²) in [5, 5.41) is 3.78. The lowest BCUT2D eigenvalue weighted by atomic mass is 10.2. The zero-order valence-corrected chi connectivity index (χ0v) is 13.1. The standard InChI is InChI=1S/C15H15BrN2O3/c1-2-11-4-3-5-12(8-11)20-10-15(19)18-17-9-13-6-7-14(16)21-13/h3-9H,2,10H2,1H3,(H,18,19)/b17-9+. The van der Waals surface area contributed by atoms with Crippen molar-refractivity contribution in [2.24, 2.45) is 5.10 Å². The maximum Gasteiger partial charge on any atom is 0.277 e. The number of amides is 1. The van der Waals surface area contributed by atoms with Crippen molar-refractivity contribution in [3.05, 3.63) is 52.4 Å². The molecular weight excluding hydrogens is 336 g/mol. The van der Waals surface area contributed by atoms with Gasteiger partial charge in [-0.25, -0.2) is 5.43 Å². The molecule has 1 aromatic heterocycles. The van der Waals surface area contributed by atoms with E-state index in [0.29, 0.717) is 16.2 Å². The van der Waals surface area contributed by atoms with Crippen LogP contribution in [-0.4, -0.2) is 18.7 Å². The first-order chi connectivity index (χ1) is 10.2. The van der Waals surface area contributed by atoms with E-state index in [1.165, 1.54) is 6.21 Å². The molecule has 1 aromatic carbocycles. The van der Waals surface area contributed by atoms with Gasteiger partial charge >= 0.3 is 0 Å². The fourth-order valence-corrected chi connectivity index (χ4v) is 1.92. The number of carbonyl (C=O) groups is 1. The minimum Gasteiger partial charge on any atom is -0.484 e. The smallest absolute Gasteiger partial charge is 0.277 e.